The van der Waals surface area contributed by atoms with Crippen LogP contribution in [0.2, 0.25) is 0 Å². The highest BCUT2D eigenvalue weighted by Crippen LogP contribution is 2.54. The van der Waals surface area contributed by atoms with Crippen LogP contribution in [0.5, 0.6) is 0 Å². The topological polar surface area (TPSA) is 195 Å². The number of ether oxygens (including phenoxy) is 2. The first-order valence-corrected chi connectivity index (χ1v) is 21.1. The average Bonchev–Trinajstić information content (AvgIpc) is 3.81. The molecule has 2 aromatic heterocycles. The molecule has 2 saturated carbocycles. The number of carboxylic acid groups (broad SMARTS) is 1. The molecule has 4 aromatic rings. The standard InChI is InChI=1S/C45H52N8O7/c1-22(2)38(50-44(56)57)42(54)52-34-16-30(34)19-37(52)41-47-21-33(49-41)28-10-9-26-14-25(6-8-27(26)15-28)7-11-32-20-46-40(48-32)36-18-29-17-35(29)53(36)43(55)39(51-45(58)59-5)31-12-23(3)60-24(4)13-31/h6,8-10,14-15,20-24,29-31,34-39,50H,12-13,16-19H2,1-5H3,(H,46,48)(H,47,49)(H,51,58)(H,56,57)/t23-,24+,29-,30-,31?,34-,35-,36+,37+,38+,39+/m1/s1. The maximum absolute atomic E-state index is 14.3. The molecule has 5 aliphatic rings. The zero-order valence-electron chi connectivity index (χ0n) is 34.5. The van der Waals surface area contributed by atoms with Gasteiger partial charge < -0.3 is 45.0 Å². The maximum Gasteiger partial charge on any atom is 0.407 e. The van der Waals surface area contributed by atoms with Gasteiger partial charge >= 0.3 is 12.2 Å². The number of hydrogen-bond acceptors (Lipinski definition) is 8. The van der Waals surface area contributed by atoms with Gasteiger partial charge in [-0.3, -0.25) is 9.59 Å². The molecule has 0 bridgehead atoms. The molecule has 60 heavy (non-hydrogen) atoms. The Balaban J connectivity index is 0.884. The lowest BCUT2D eigenvalue weighted by atomic mass is 9.85. The van der Waals surface area contributed by atoms with Crippen molar-refractivity contribution < 1.29 is 33.8 Å². The number of methoxy groups -OCH3 is 1. The highest BCUT2D eigenvalue weighted by Gasteiger charge is 2.58. The number of rotatable bonds is 9. The molecule has 15 heteroatoms. The van der Waals surface area contributed by atoms with Gasteiger partial charge in [-0.05, 0) is 111 Å². The van der Waals surface area contributed by atoms with Crippen molar-refractivity contribution in [2.24, 2.45) is 23.7 Å². The summed E-state index contributed by atoms with van der Waals surface area (Å²) in [6.45, 7) is 7.70. The monoisotopic (exact) mass is 816 g/mol. The lowest BCUT2D eigenvalue weighted by molar-refractivity contribution is -0.140. The number of imidazole rings is 2. The normalized spacial score (nSPS) is 28.6. The number of likely N-dealkylation sites (tertiary alicyclic amines) is 2. The van der Waals surface area contributed by atoms with E-state index in [1.165, 1.54) is 7.11 Å². The first kappa shape index (κ1) is 39.6. The van der Waals surface area contributed by atoms with Gasteiger partial charge in [0.25, 0.3) is 0 Å². The van der Waals surface area contributed by atoms with Crippen LogP contribution in [-0.2, 0) is 19.1 Å². The smallest absolute Gasteiger partial charge is 0.407 e. The molecule has 2 aliphatic carbocycles. The fourth-order valence-electron chi connectivity index (χ4n) is 10.2. The molecule has 314 valence electrons. The number of carbonyl (C=O) groups is 4. The SMILES string of the molecule is COC(=O)N[C@H](C(=O)N1[C@@H]2C[C@@H]2C[C@H]1c1ncc(C#Cc2ccc3cc(-c4cnc([C@@H]5C[C@H]6C[C@H]6N5C(=O)[C@@H](NC(=O)O)C(C)C)[nH]4)ccc3c2)[nH]1)C1C[C@@H](C)O[C@@H](C)C1. The third-order valence-corrected chi connectivity index (χ3v) is 13.2. The fraction of sp³-hybridized carbons (Fsp3) is 0.511. The Kier molecular flexibility index (Phi) is 10.3. The van der Waals surface area contributed by atoms with Crippen molar-refractivity contribution in [3.8, 4) is 23.1 Å². The second-order valence-corrected chi connectivity index (χ2v) is 17.8. The Morgan fingerprint density at radius 1 is 0.817 bits per heavy atom. The van der Waals surface area contributed by atoms with Gasteiger partial charge in [-0.15, -0.1) is 0 Å². The zero-order valence-corrected chi connectivity index (χ0v) is 34.5. The number of carbonyl (C=O) groups excluding carboxylic acids is 3. The molecule has 3 saturated heterocycles. The summed E-state index contributed by atoms with van der Waals surface area (Å²) in [5.74, 6) is 8.15. The molecule has 5 fully saturated rings. The maximum atomic E-state index is 14.3. The van der Waals surface area contributed by atoms with Crippen LogP contribution in [0, 0.1) is 35.5 Å². The zero-order chi connectivity index (χ0) is 42.0. The molecular formula is C45H52N8O7. The number of nitrogens with one attached hydrogen (secondary N) is 4. The molecule has 0 spiro atoms. The summed E-state index contributed by atoms with van der Waals surface area (Å²) in [7, 11) is 1.31. The van der Waals surface area contributed by atoms with Crippen molar-refractivity contribution in [2.45, 2.75) is 115 Å². The van der Waals surface area contributed by atoms with Gasteiger partial charge in [0, 0.05) is 23.2 Å². The summed E-state index contributed by atoms with van der Waals surface area (Å²) >= 11 is 0. The number of nitrogens with zero attached hydrogens (tertiary/aromatic N) is 4. The van der Waals surface area contributed by atoms with E-state index in [1.54, 1.807) is 12.4 Å². The van der Waals surface area contributed by atoms with Gasteiger partial charge in [-0.25, -0.2) is 19.6 Å². The minimum absolute atomic E-state index is 0.0188. The lowest BCUT2D eigenvalue weighted by Crippen LogP contribution is -2.55. The van der Waals surface area contributed by atoms with Crippen LogP contribution in [0.3, 0.4) is 0 Å². The number of amides is 4. The van der Waals surface area contributed by atoms with E-state index in [0.717, 1.165) is 53.3 Å². The van der Waals surface area contributed by atoms with Crippen LogP contribution in [0.15, 0.2) is 48.8 Å². The molecule has 5 heterocycles. The van der Waals surface area contributed by atoms with E-state index in [2.05, 4.69) is 44.6 Å². The number of H-pyrrole nitrogens is 2. The number of benzene rings is 2. The molecular weight excluding hydrogens is 765 g/mol. The van der Waals surface area contributed by atoms with Crippen molar-refractivity contribution in [3.05, 3.63) is 71.7 Å². The first-order valence-electron chi connectivity index (χ1n) is 21.1. The molecule has 11 atom stereocenters. The number of aromatic amines is 2. The van der Waals surface area contributed by atoms with Crippen molar-refractivity contribution in [1.82, 2.24) is 40.4 Å². The molecule has 15 nitrogen and oxygen atoms in total. The summed E-state index contributed by atoms with van der Waals surface area (Å²) in [5, 5.41) is 16.7. The average molecular weight is 817 g/mol. The Bertz CT molecular complexity index is 2390. The van der Waals surface area contributed by atoms with E-state index >= 15 is 0 Å². The van der Waals surface area contributed by atoms with Crippen LogP contribution in [0.4, 0.5) is 9.59 Å². The molecule has 4 amide bonds. The van der Waals surface area contributed by atoms with Gasteiger partial charge in [0.2, 0.25) is 11.8 Å². The molecule has 1 unspecified atom stereocenters. The third kappa shape index (κ3) is 7.69. The number of alkyl carbamates (subject to hydrolysis) is 1. The molecule has 3 aliphatic heterocycles. The Morgan fingerprint density at radius 3 is 2.12 bits per heavy atom. The molecule has 9 rings (SSSR count). The van der Waals surface area contributed by atoms with E-state index in [4.69, 9.17) is 19.4 Å². The van der Waals surface area contributed by atoms with E-state index in [1.807, 2.05) is 61.8 Å². The van der Waals surface area contributed by atoms with E-state index in [9.17, 15) is 24.3 Å². The van der Waals surface area contributed by atoms with Crippen LogP contribution < -0.4 is 10.6 Å². The molecule has 5 N–H and O–H groups in total. The highest BCUT2D eigenvalue weighted by molar-refractivity contribution is 5.89. The van der Waals surface area contributed by atoms with E-state index < -0.39 is 24.3 Å². The largest absolute Gasteiger partial charge is 0.465 e. The number of fused-ring (bicyclic) bond motifs is 3. The summed E-state index contributed by atoms with van der Waals surface area (Å²) in [6, 6.07) is 10.5. The van der Waals surface area contributed by atoms with Crippen molar-refractivity contribution in [3.63, 3.8) is 0 Å². The highest BCUT2D eigenvalue weighted by atomic mass is 16.5. The van der Waals surface area contributed by atoms with Crippen molar-refractivity contribution in [1.29, 1.82) is 0 Å². The fourth-order valence-corrected chi connectivity index (χ4v) is 10.2. The number of hydrogen-bond donors (Lipinski definition) is 5. The van der Waals surface area contributed by atoms with Crippen LogP contribution in [0.25, 0.3) is 22.0 Å². The summed E-state index contributed by atoms with van der Waals surface area (Å²) in [5.41, 5.74) is 3.29. The number of aromatic nitrogens is 4. The second kappa shape index (κ2) is 15.6. The van der Waals surface area contributed by atoms with Gasteiger partial charge in [0.1, 0.15) is 29.4 Å². The Morgan fingerprint density at radius 2 is 1.45 bits per heavy atom. The second-order valence-electron chi connectivity index (χ2n) is 17.8. The molecule has 2 aromatic carbocycles. The van der Waals surface area contributed by atoms with Gasteiger partial charge in [-0.2, -0.15) is 0 Å². The van der Waals surface area contributed by atoms with Crippen LogP contribution in [-0.4, -0.2) is 102 Å². The Hall–Kier alpha value is -5.88. The van der Waals surface area contributed by atoms with Crippen LogP contribution >= 0.6 is 0 Å². The number of piperidine rings is 2. The third-order valence-electron chi connectivity index (χ3n) is 13.2. The Labute approximate surface area is 348 Å². The van der Waals surface area contributed by atoms with Gasteiger partial charge in [0.05, 0.1) is 49.5 Å². The van der Waals surface area contributed by atoms with Crippen molar-refractivity contribution >= 4 is 34.8 Å². The summed E-state index contributed by atoms with van der Waals surface area (Å²) < 4.78 is 10.9. The quantitative estimate of drug-likeness (QED) is 0.128. The summed E-state index contributed by atoms with van der Waals surface area (Å²) in [6.07, 6.45) is 6.48. The van der Waals surface area contributed by atoms with Crippen molar-refractivity contribution in [2.75, 3.05) is 7.11 Å². The van der Waals surface area contributed by atoms with Crippen LogP contribution in [0.1, 0.15) is 101 Å². The summed E-state index contributed by atoms with van der Waals surface area (Å²) in [4.78, 5) is 72.0. The predicted molar refractivity (Wildman–Crippen MR) is 220 cm³/mol. The lowest BCUT2D eigenvalue weighted by Gasteiger charge is -2.38. The first-order chi connectivity index (χ1) is 28.8. The van der Waals surface area contributed by atoms with Gasteiger partial charge in [-0.1, -0.05) is 38.0 Å². The predicted octanol–water partition coefficient (Wildman–Crippen LogP) is 5.90. The van der Waals surface area contributed by atoms with Gasteiger partial charge in [0.15, 0.2) is 0 Å². The minimum Gasteiger partial charge on any atom is -0.465 e. The van der Waals surface area contributed by atoms with E-state index in [-0.39, 0.29) is 60.0 Å². The molecule has 0 radical (unpaired) electrons. The minimum atomic E-state index is -1.21. The van der Waals surface area contributed by atoms with E-state index in [0.29, 0.717) is 42.0 Å².